The van der Waals surface area contributed by atoms with Crippen molar-refractivity contribution >= 4 is 40.7 Å². The summed E-state index contributed by atoms with van der Waals surface area (Å²) < 4.78 is 21.6. The van der Waals surface area contributed by atoms with Gasteiger partial charge in [-0.1, -0.05) is 62.9 Å². The van der Waals surface area contributed by atoms with E-state index in [2.05, 4.69) is 13.0 Å². The van der Waals surface area contributed by atoms with Crippen molar-refractivity contribution in [3.8, 4) is 11.5 Å². The molecule has 0 aromatic heterocycles. The number of halogens is 2. The third-order valence-corrected chi connectivity index (χ3v) is 6.15. The zero-order valence-corrected chi connectivity index (χ0v) is 23.8. The molecule has 0 spiro atoms. The van der Waals surface area contributed by atoms with Crippen LogP contribution in [0.1, 0.15) is 91.1 Å². The second kappa shape index (κ2) is 15.5. The van der Waals surface area contributed by atoms with Crippen LogP contribution in [0.4, 0.5) is 0 Å². The topological polar surface area (TPSA) is 71.1 Å². The number of unbranched alkanes of at least 4 members (excludes halogenated alkanes) is 3. The van der Waals surface area contributed by atoms with E-state index in [0.717, 1.165) is 31.3 Å². The summed E-state index contributed by atoms with van der Waals surface area (Å²) in [5, 5.41) is 0.537. The van der Waals surface area contributed by atoms with Crippen LogP contribution < -0.4 is 9.47 Å². The van der Waals surface area contributed by atoms with Gasteiger partial charge in [0.25, 0.3) is 0 Å². The fraction of sp³-hybridized carbons (Fsp3) is 0.448. The minimum absolute atomic E-state index is 0.222. The van der Waals surface area contributed by atoms with Crippen LogP contribution in [0.15, 0.2) is 30.3 Å². The molecule has 0 aliphatic heterocycles. The molecule has 2 aromatic rings. The quantitative estimate of drug-likeness (QED) is 0.174. The van der Waals surface area contributed by atoms with Gasteiger partial charge in [0, 0.05) is 0 Å². The maximum Gasteiger partial charge on any atom is 0.341 e. The molecule has 0 bridgehead atoms. The second-order valence-electron chi connectivity index (χ2n) is 8.46. The summed E-state index contributed by atoms with van der Waals surface area (Å²) in [6.45, 7) is 6.53. The molecular formula is C29H36Cl2O6. The van der Waals surface area contributed by atoms with Gasteiger partial charge >= 0.3 is 11.9 Å². The minimum Gasteiger partial charge on any atom is -0.494 e. The zero-order chi connectivity index (χ0) is 27.4. The molecule has 0 atom stereocenters. The van der Waals surface area contributed by atoms with Crippen molar-refractivity contribution < 1.29 is 28.5 Å². The third-order valence-electron chi connectivity index (χ3n) is 5.59. The van der Waals surface area contributed by atoms with Gasteiger partial charge in [-0.3, -0.25) is 0 Å². The average Bonchev–Trinajstić information content (AvgIpc) is 2.89. The Hall–Kier alpha value is -2.70. The Morgan fingerprint density at radius 3 is 1.57 bits per heavy atom. The van der Waals surface area contributed by atoms with Crippen molar-refractivity contribution in [3.63, 3.8) is 0 Å². The molecule has 6 nitrogen and oxygen atoms in total. The van der Waals surface area contributed by atoms with E-state index in [-0.39, 0.29) is 45.9 Å². The number of carbonyl (C=O) groups is 2. The number of esters is 2. The van der Waals surface area contributed by atoms with Crippen LogP contribution in [-0.4, -0.2) is 39.4 Å². The molecule has 0 N–H and O–H groups in total. The van der Waals surface area contributed by atoms with Crippen molar-refractivity contribution in [3.05, 3.63) is 62.6 Å². The molecule has 8 heteroatoms. The smallest absolute Gasteiger partial charge is 0.341 e. The summed E-state index contributed by atoms with van der Waals surface area (Å²) in [6, 6.07) is 6.86. The van der Waals surface area contributed by atoms with E-state index in [1.165, 1.54) is 14.2 Å². The first kappa shape index (κ1) is 30.5. The highest BCUT2D eigenvalue weighted by Gasteiger charge is 2.23. The van der Waals surface area contributed by atoms with Gasteiger partial charge in [0.1, 0.15) is 11.1 Å². The van der Waals surface area contributed by atoms with Crippen molar-refractivity contribution in [2.45, 2.75) is 59.3 Å². The Balaban J connectivity index is 2.72. The number of hydrogen-bond acceptors (Lipinski definition) is 6. The molecule has 37 heavy (non-hydrogen) atoms. The summed E-state index contributed by atoms with van der Waals surface area (Å²) in [5.74, 6) is -0.560. The monoisotopic (exact) mass is 550 g/mol. The number of carbonyl (C=O) groups excluding carboxylic acids is 2. The van der Waals surface area contributed by atoms with Gasteiger partial charge in [-0.2, -0.15) is 0 Å². The van der Waals surface area contributed by atoms with Gasteiger partial charge in [0.05, 0.1) is 37.5 Å². The first-order valence-electron chi connectivity index (χ1n) is 12.6. The fourth-order valence-corrected chi connectivity index (χ4v) is 4.40. The lowest BCUT2D eigenvalue weighted by molar-refractivity contribution is 0.0492. The van der Waals surface area contributed by atoms with E-state index in [1.807, 2.05) is 13.8 Å². The predicted octanol–water partition coefficient (Wildman–Crippen LogP) is 8.16. The molecule has 202 valence electrons. The number of ether oxygens (including phenoxy) is 4. The molecular weight excluding hydrogens is 515 g/mol. The molecule has 0 radical (unpaired) electrons. The van der Waals surface area contributed by atoms with E-state index in [0.29, 0.717) is 24.0 Å². The Morgan fingerprint density at radius 2 is 1.19 bits per heavy atom. The van der Waals surface area contributed by atoms with E-state index >= 15 is 0 Å². The van der Waals surface area contributed by atoms with Gasteiger partial charge < -0.3 is 18.9 Å². The number of allylic oxidation sites excluding steroid dienone is 1. The van der Waals surface area contributed by atoms with Crippen LogP contribution in [0.5, 0.6) is 11.5 Å². The fourth-order valence-electron chi connectivity index (χ4n) is 3.80. The van der Waals surface area contributed by atoms with E-state index < -0.39 is 11.9 Å². The third kappa shape index (κ3) is 8.14. The standard InChI is InChI=1S/C29H36Cl2O6/c1-6-9-10-11-12-21(19-15-22(28(32)36-13-7-2)26(34-4)24(30)17-19)20-16-23(29(33)37-14-8-3)27(35-5)25(31)18-20/h12,15-18H,6-11,13-14H2,1-5H3. The van der Waals surface area contributed by atoms with Crippen molar-refractivity contribution in [1.82, 2.24) is 0 Å². The van der Waals surface area contributed by atoms with Gasteiger partial charge in [-0.05, 0) is 66.6 Å². The van der Waals surface area contributed by atoms with Crippen LogP contribution >= 0.6 is 23.2 Å². The molecule has 0 heterocycles. The molecule has 0 fully saturated rings. The maximum absolute atomic E-state index is 12.8. The van der Waals surface area contributed by atoms with Crippen molar-refractivity contribution in [2.24, 2.45) is 0 Å². The number of benzene rings is 2. The Bertz CT molecular complexity index is 1030. The van der Waals surface area contributed by atoms with E-state index in [1.54, 1.807) is 24.3 Å². The first-order valence-corrected chi connectivity index (χ1v) is 13.4. The van der Waals surface area contributed by atoms with Gasteiger partial charge in [-0.25, -0.2) is 9.59 Å². The van der Waals surface area contributed by atoms with E-state index in [9.17, 15) is 9.59 Å². The summed E-state index contributed by atoms with van der Waals surface area (Å²) in [4.78, 5) is 25.7. The largest absolute Gasteiger partial charge is 0.494 e. The lowest BCUT2D eigenvalue weighted by atomic mass is 9.93. The molecule has 0 unspecified atom stereocenters. The highest BCUT2D eigenvalue weighted by atomic mass is 35.5. The Kier molecular flexibility index (Phi) is 12.8. The lowest BCUT2D eigenvalue weighted by Gasteiger charge is -2.17. The van der Waals surface area contributed by atoms with Crippen LogP contribution in [0, 0.1) is 0 Å². The minimum atomic E-state index is -0.524. The van der Waals surface area contributed by atoms with Gasteiger partial charge in [-0.15, -0.1) is 0 Å². The Morgan fingerprint density at radius 1 is 0.730 bits per heavy atom. The van der Waals surface area contributed by atoms with Gasteiger partial charge in [0.2, 0.25) is 0 Å². The molecule has 2 aromatic carbocycles. The van der Waals surface area contributed by atoms with E-state index in [4.69, 9.17) is 42.1 Å². The molecule has 2 rings (SSSR count). The van der Waals surface area contributed by atoms with Crippen LogP contribution in [0.2, 0.25) is 10.0 Å². The number of methoxy groups -OCH3 is 2. The molecule has 0 saturated carbocycles. The number of rotatable bonds is 14. The average molecular weight is 552 g/mol. The van der Waals surface area contributed by atoms with Gasteiger partial charge in [0.15, 0.2) is 11.5 Å². The highest BCUT2D eigenvalue weighted by molar-refractivity contribution is 6.33. The summed E-state index contributed by atoms with van der Waals surface area (Å²) in [7, 11) is 2.91. The zero-order valence-electron chi connectivity index (χ0n) is 22.2. The SMILES string of the molecule is CCCCCC=C(c1cc(Cl)c(OC)c(C(=O)OCCC)c1)c1cc(Cl)c(OC)c(C(=O)OCCC)c1. The van der Waals surface area contributed by atoms with Crippen LogP contribution in [-0.2, 0) is 9.47 Å². The molecule has 0 amide bonds. The number of hydrogen-bond donors (Lipinski definition) is 0. The summed E-state index contributed by atoms with van der Waals surface area (Å²) >= 11 is 13.1. The predicted molar refractivity (Wildman–Crippen MR) is 148 cm³/mol. The maximum atomic E-state index is 12.8. The normalized spacial score (nSPS) is 10.6. The molecule has 0 saturated heterocycles. The first-order chi connectivity index (χ1) is 17.8. The summed E-state index contributed by atoms with van der Waals surface area (Å²) in [6.07, 6.45) is 7.34. The molecule has 0 aliphatic rings. The highest BCUT2D eigenvalue weighted by Crippen LogP contribution is 2.39. The van der Waals surface area contributed by atoms with Crippen molar-refractivity contribution in [2.75, 3.05) is 27.4 Å². The van der Waals surface area contributed by atoms with Crippen LogP contribution in [0.25, 0.3) is 5.57 Å². The second-order valence-corrected chi connectivity index (χ2v) is 9.28. The molecule has 0 aliphatic carbocycles. The van der Waals surface area contributed by atoms with Crippen LogP contribution in [0.3, 0.4) is 0 Å². The summed E-state index contributed by atoms with van der Waals surface area (Å²) in [5.41, 5.74) is 2.54. The Labute approximate surface area is 229 Å². The van der Waals surface area contributed by atoms with Crippen molar-refractivity contribution in [1.29, 1.82) is 0 Å². The lowest BCUT2D eigenvalue weighted by Crippen LogP contribution is -2.10.